The highest BCUT2D eigenvalue weighted by Crippen LogP contribution is 2.18. The number of nitrogens with one attached hydrogen (secondary N) is 2. The Hall–Kier alpha value is -3.93. The van der Waals surface area contributed by atoms with Crippen molar-refractivity contribution in [1.29, 1.82) is 0 Å². The Morgan fingerprint density at radius 1 is 0.821 bits per heavy atom. The van der Waals surface area contributed by atoms with E-state index < -0.39 is 11.8 Å². The first-order chi connectivity index (χ1) is 13.6. The van der Waals surface area contributed by atoms with Gasteiger partial charge in [0, 0.05) is 23.5 Å². The number of rotatable bonds is 3. The van der Waals surface area contributed by atoms with E-state index in [1.54, 1.807) is 18.2 Å². The number of pyridine rings is 1. The lowest BCUT2D eigenvalue weighted by Gasteiger charge is -2.13. The molecule has 0 unspecified atom stereocenters. The maximum atomic E-state index is 12.7. The van der Waals surface area contributed by atoms with E-state index in [1.807, 2.05) is 72.4 Å². The Morgan fingerprint density at radius 2 is 1.46 bits per heavy atom. The van der Waals surface area contributed by atoms with Crippen molar-refractivity contribution in [1.82, 2.24) is 20.4 Å². The number of hydrogen-bond acceptors (Lipinski definition) is 3. The number of aromatic nitrogens is 2. The molecule has 0 atom stereocenters. The van der Waals surface area contributed by atoms with Gasteiger partial charge >= 0.3 is 0 Å². The van der Waals surface area contributed by atoms with Gasteiger partial charge in [0.1, 0.15) is 0 Å². The molecular weight excluding hydrogens is 352 g/mol. The van der Waals surface area contributed by atoms with Crippen molar-refractivity contribution in [2.45, 2.75) is 6.92 Å². The molecule has 6 nitrogen and oxygen atoms in total. The van der Waals surface area contributed by atoms with Crippen LogP contribution in [0.3, 0.4) is 0 Å². The normalized spacial score (nSPS) is 10.6. The zero-order valence-corrected chi connectivity index (χ0v) is 15.2. The van der Waals surface area contributed by atoms with Gasteiger partial charge in [0.15, 0.2) is 0 Å². The van der Waals surface area contributed by atoms with Crippen LogP contribution < -0.4 is 10.9 Å². The summed E-state index contributed by atoms with van der Waals surface area (Å²) in [6, 6.07) is 20.1. The molecule has 6 heteroatoms. The molecule has 0 aliphatic rings. The van der Waals surface area contributed by atoms with Gasteiger partial charge in [-0.25, -0.2) is 0 Å². The fraction of sp³-hybridized carbons (Fsp3) is 0.0455. The van der Waals surface area contributed by atoms with E-state index in [0.29, 0.717) is 11.1 Å². The minimum atomic E-state index is -0.396. The largest absolute Gasteiger partial charge is 0.323 e. The number of amides is 2. The Labute approximate surface area is 161 Å². The van der Waals surface area contributed by atoms with E-state index in [-0.39, 0.29) is 0 Å². The number of benzene rings is 2. The lowest BCUT2D eigenvalue weighted by molar-refractivity contribution is 0.0847. The highest BCUT2D eigenvalue weighted by Gasteiger charge is 2.15. The number of aryl methyl sites for hydroxylation is 1. The van der Waals surface area contributed by atoms with Crippen molar-refractivity contribution in [2.75, 3.05) is 0 Å². The van der Waals surface area contributed by atoms with Crippen LogP contribution in [0.2, 0.25) is 0 Å². The third kappa shape index (κ3) is 3.35. The molecule has 0 aliphatic carbocycles. The van der Waals surface area contributed by atoms with Crippen molar-refractivity contribution in [3.05, 3.63) is 95.9 Å². The summed E-state index contributed by atoms with van der Waals surface area (Å²) in [6.07, 6.45) is 3.72. The standard InChI is InChI=1S/C22H18N4O2/c1-15-14-18(16-8-2-4-10-19(16)23-15)22(28)25-24-21(27)17-9-3-5-11-20(17)26-12-6-7-13-26/h2-14H,1H3,(H,24,27)(H,25,28). The molecule has 0 bridgehead atoms. The molecule has 2 heterocycles. The van der Waals surface area contributed by atoms with Crippen molar-refractivity contribution in [3.63, 3.8) is 0 Å². The summed E-state index contributed by atoms with van der Waals surface area (Å²) in [6.45, 7) is 1.83. The molecule has 0 saturated carbocycles. The topological polar surface area (TPSA) is 76.0 Å². The van der Waals surface area contributed by atoms with Crippen molar-refractivity contribution < 1.29 is 9.59 Å². The second kappa shape index (κ2) is 7.36. The van der Waals surface area contributed by atoms with Gasteiger partial charge in [0.25, 0.3) is 11.8 Å². The molecule has 0 fully saturated rings. The highest BCUT2D eigenvalue weighted by molar-refractivity contribution is 6.07. The lowest BCUT2D eigenvalue weighted by atomic mass is 10.1. The average molecular weight is 370 g/mol. The van der Waals surface area contributed by atoms with Crippen LogP contribution in [-0.4, -0.2) is 21.4 Å². The molecular formula is C22H18N4O2. The van der Waals surface area contributed by atoms with Gasteiger partial charge in [-0.15, -0.1) is 0 Å². The van der Waals surface area contributed by atoms with Crippen LogP contribution in [0.4, 0.5) is 0 Å². The van der Waals surface area contributed by atoms with Gasteiger partial charge in [0.05, 0.1) is 22.3 Å². The third-order valence-electron chi connectivity index (χ3n) is 4.41. The summed E-state index contributed by atoms with van der Waals surface area (Å²) in [7, 11) is 0. The van der Waals surface area contributed by atoms with Crippen molar-refractivity contribution in [3.8, 4) is 5.69 Å². The molecule has 2 aromatic carbocycles. The summed E-state index contributed by atoms with van der Waals surface area (Å²) in [4.78, 5) is 29.8. The van der Waals surface area contributed by atoms with Crippen LogP contribution in [0, 0.1) is 6.92 Å². The summed E-state index contributed by atoms with van der Waals surface area (Å²) in [5.74, 6) is -0.791. The first-order valence-corrected chi connectivity index (χ1v) is 8.83. The van der Waals surface area contributed by atoms with Crippen LogP contribution in [0.25, 0.3) is 16.6 Å². The Bertz CT molecular complexity index is 1170. The molecule has 28 heavy (non-hydrogen) atoms. The van der Waals surface area contributed by atoms with Gasteiger partial charge in [0.2, 0.25) is 0 Å². The van der Waals surface area contributed by atoms with Gasteiger partial charge < -0.3 is 4.57 Å². The van der Waals surface area contributed by atoms with E-state index in [9.17, 15) is 9.59 Å². The fourth-order valence-corrected chi connectivity index (χ4v) is 3.13. The first-order valence-electron chi connectivity index (χ1n) is 8.83. The van der Waals surface area contributed by atoms with Crippen molar-refractivity contribution >= 4 is 22.7 Å². The van der Waals surface area contributed by atoms with Crippen LogP contribution in [0.1, 0.15) is 26.4 Å². The number of hydrazine groups is 1. The second-order valence-electron chi connectivity index (χ2n) is 6.34. The van der Waals surface area contributed by atoms with Gasteiger partial charge in [-0.1, -0.05) is 30.3 Å². The number of fused-ring (bicyclic) bond motifs is 1. The summed E-state index contributed by atoms with van der Waals surface area (Å²) in [5, 5.41) is 0.729. The number of para-hydroxylation sites is 2. The molecule has 0 radical (unpaired) electrons. The zero-order chi connectivity index (χ0) is 19.5. The number of nitrogens with zero attached hydrogens (tertiary/aromatic N) is 2. The molecule has 138 valence electrons. The molecule has 2 amide bonds. The van der Waals surface area contributed by atoms with Gasteiger partial charge in [-0.3, -0.25) is 25.4 Å². The SMILES string of the molecule is Cc1cc(C(=O)NNC(=O)c2ccccc2-n2cccc2)c2ccccc2n1. The quantitative estimate of drug-likeness (QED) is 0.543. The molecule has 2 N–H and O–H groups in total. The van der Waals surface area contributed by atoms with Crippen LogP contribution in [0.15, 0.2) is 79.1 Å². The monoisotopic (exact) mass is 370 g/mol. The average Bonchev–Trinajstić information content (AvgIpc) is 3.26. The molecule has 0 aliphatic heterocycles. The summed E-state index contributed by atoms with van der Waals surface area (Å²) in [5.41, 5.74) is 8.13. The maximum Gasteiger partial charge on any atom is 0.271 e. The van der Waals surface area contributed by atoms with Crippen molar-refractivity contribution in [2.24, 2.45) is 0 Å². The Kier molecular flexibility index (Phi) is 4.60. The Balaban J connectivity index is 1.56. The smallest absolute Gasteiger partial charge is 0.271 e. The predicted molar refractivity (Wildman–Crippen MR) is 107 cm³/mol. The third-order valence-corrected chi connectivity index (χ3v) is 4.41. The Morgan fingerprint density at radius 3 is 2.25 bits per heavy atom. The number of hydrogen-bond donors (Lipinski definition) is 2. The van der Waals surface area contributed by atoms with Crippen LogP contribution in [0.5, 0.6) is 0 Å². The van der Waals surface area contributed by atoms with E-state index >= 15 is 0 Å². The van der Waals surface area contributed by atoms with Crippen LogP contribution >= 0.6 is 0 Å². The molecule has 4 aromatic rings. The molecule has 0 saturated heterocycles. The van der Waals surface area contributed by atoms with E-state index in [4.69, 9.17) is 0 Å². The molecule has 4 rings (SSSR count). The lowest BCUT2D eigenvalue weighted by Crippen LogP contribution is -2.42. The highest BCUT2D eigenvalue weighted by atomic mass is 16.2. The molecule has 2 aromatic heterocycles. The fourth-order valence-electron chi connectivity index (χ4n) is 3.13. The first kappa shape index (κ1) is 17.5. The van der Waals surface area contributed by atoms with Gasteiger partial charge in [-0.2, -0.15) is 0 Å². The molecule has 0 spiro atoms. The summed E-state index contributed by atoms with van der Waals surface area (Å²) >= 11 is 0. The number of carbonyl (C=O) groups is 2. The van der Waals surface area contributed by atoms with Gasteiger partial charge in [-0.05, 0) is 43.3 Å². The minimum Gasteiger partial charge on any atom is -0.323 e. The maximum absolute atomic E-state index is 12.7. The zero-order valence-electron chi connectivity index (χ0n) is 15.2. The van der Waals surface area contributed by atoms with E-state index in [0.717, 1.165) is 22.3 Å². The number of carbonyl (C=O) groups excluding carboxylic acids is 2. The van der Waals surface area contributed by atoms with Crippen LogP contribution in [-0.2, 0) is 0 Å². The predicted octanol–water partition coefficient (Wildman–Crippen LogP) is 3.41. The minimum absolute atomic E-state index is 0.395. The summed E-state index contributed by atoms with van der Waals surface area (Å²) < 4.78 is 1.84. The second-order valence-corrected chi connectivity index (χ2v) is 6.34. The van der Waals surface area contributed by atoms with E-state index in [1.165, 1.54) is 0 Å². The van der Waals surface area contributed by atoms with E-state index in [2.05, 4.69) is 15.8 Å².